The summed E-state index contributed by atoms with van der Waals surface area (Å²) in [5.74, 6) is -1.59. The maximum absolute atomic E-state index is 11.6. The molecule has 0 radical (unpaired) electrons. The number of nitrogens with zero attached hydrogens (tertiary/aromatic N) is 3. The molecule has 18 heavy (non-hydrogen) atoms. The highest BCUT2D eigenvalue weighted by molar-refractivity contribution is 6.03. The van der Waals surface area contributed by atoms with Crippen LogP contribution >= 0.6 is 0 Å². The number of carboxylic acid groups (broad SMARTS) is 1. The van der Waals surface area contributed by atoms with Crippen molar-refractivity contribution >= 4 is 28.6 Å². The number of carbonyl (C=O) groups is 2. The monoisotopic (exact) mass is 247 g/mol. The summed E-state index contributed by atoms with van der Waals surface area (Å²) in [5.41, 5.74) is 2.36. The number of carbonyl (C=O) groups excluding carboxylic acids is 1. The zero-order valence-electron chi connectivity index (χ0n) is 10.1. The van der Waals surface area contributed by atoms with Gasteiger partial charge in [-0.05, 0) is 18.2 Å². The van der Waals surface area contributed by atoms with Gasteiger partial charge in [0, 0.05) is 19.8 Å². The zero-order valence-corrected chi connectivity index (χ0v) is 10.1. The third-order valence-electron chi connectivity index (χ3n) is 2.77. The third kappa shape index (κ3) is 2.17. The summed E-state index contributed by atoms with van der Waals surface area (Å²) in [7, 11) is 3.43. The number of benzene rings is 1. The van der Waals surface area contributed by atoms with E-state index in [4.69, 9.17) is 5.11 Å². The molecule has 0 unspecified atom stereocenters. The Morgan fingerprint density at radius 1 is 1.44 bits per heavy atom. The first-order valence-corrected chi connectivity index (χ1v) is 5.38. The van der Waals surface area contributed by atoms with Crippen LogP contribution in [0.1, 0.15) is 6.42 Å². The molecule has 1 amide bonds. The van der Waals surface area contributed by atoms with Crippen molar-refractivity contribution < 1.29 is 14.7 Å². The molecule has 1 aromatic heterocycles. The van der Waals surface area contributed by atoms with E-state index in [-0.39, 0.29) is 0 Å². The summed E-state index contributed by atoms with van der Waals surface area (Å²) in [5, 5.41) is 8.59. The Morgan fingerprint density at radius 2 is 2.17 bits per heavy atom. The predicted molar refractivity (Wildman–Crippen MR) is 66.4 cm³/mol. The highest BCUT2D eigenvalue weighted by Gasteiger charge is 2.15. The highest BCUT2D eigenvalue weighted by Crippen LogP contribution is 2.20. The molecule has 0 aliphatic rings. The Morgan fingerprint density at radius 3 is 2.83 bits per heavy atom. The molecule has 6 nitrogen and oxygen atoms in total. The fourth-order valence-electron chi connectivity index (χ4n) is 1.73. The number of rotatable bonds is 3. The maximum atomic E-state index is 11.6. The molecular formula is C12H13N3O3. The van der Waals surface area contributed by atoms with Crippen molar-refractivity contribution in [1.82, 2.24) is 9.55 Å². The molecule has 0 atom stereocenters. The smallest absolute Gasteiger partial charge is 0.312 e. The maximum Gasteiger partial charge on any atom is 0.312 e. The normalized spacial score (nSPS) is 10.6. The third-order valence-corrected chi connectivity index (χ3v) is 2.77. The van der Waals surface area contributed by atoms with Crippen LogP contribution in [0.2, 0.25) is 0 Å². The van der Waals surface area contributed by atoms with Gasteiger partial charge in [0.15, 0.2) is 0 Å². The van der Waals surface area contributed by atoms with Crippen molar-refractivity contribution in [2.75, 3.05) is 11.9 Å². The number of carboxylic acids is 1. The molecule has 1 heterocycles. The van der Waals surface area contributed by atoms with E-state index in [1.54, 1.807) is 25.5 Å². The number of amides is 1. The van der Waals surface area contributed by atoms with Crippen LogP contribution in [-0.2, 0) is 16.6 Å². The lowest BCUT2D eigenvalue weighted by Crippen LogP contribution is -2.28. The van der Waals surface area contributed by atoms with Gasteiger partial charge in [-0.1, -0.05) is 0 Å². The van der Waals surface area contributed by atoms with Gasteiger partial charge in [-0.2, -0.15) is 0 Å². The van der Waals surface area contributed by atoms with Crippen LogP contribution in [0.15, 0.2) is 24.5 Å². The second-order valence-electron chi connectivity index (χ2n) is 4.05. The number of aliphatic carboxylic acids is 1. The van der Waals surface area contributed by atoms with E-state index >= 15 is 0 Å². The van der Waals surface area contributed by atoms with Gasteiger partial charge in [-0.25, -0.2) is 4.98 Å². The predicted octanol–water partition coefficient (Wildman–Crippen LogP) is 1.01. The van der Waals surface area contributed by atoms with Crippen LogP contribution in [0, 0.1) is 0 Å². The number of aryl methyl sites for hydroxylation is 1. The molecule has 0 saturated carbocycles. The van der Waals surface area contributed by atoms with Crippen LogP contribution in [0.3, 0.4) is 0 Å². The van der Waals surface area contributed by atoms with Crippen LogP contribution < -0.4 is 4.90 Å². The molecule has 0 fully saturated rings. The fraction of sp³-hybridized carbons (Fsp3) is 0.250. The Bertz CT molecular complexity index is 618. The minimum Gasteiger partial charge on any atom is -0.481 e. The van der Waals surface area contributed by atoms with Gasteiger partial charge in [-0.3, -0.25) is 9.59 Å². The zero-order chi connectivity index (χ0) is 13.3. The molecule has 0 saturated heterocycles. The Balaban J connectivity index is 2.30. The number of anilines is 1. The number of hydrogen-bond acceptors (Lipinski definition) is 3. The van der Waals surface area contributed by atoms with E-state index in [1.165, 1.54) is 4.90 Å². The van der Waals surface area contributed by atoms with Gasteiger partial charge in [0.1, 0.15) is 6.42 Å². The van der Waals surface area contributed by atoms with Crippen molar-refractivity contribution in [3.8, 4) is 0 Å². The SMILES string of the molecule is CN(C(=O)CC(=O)O)c1ccc2c(c1)ncn2C. The van der Waals surface area contributed by atoms with Gasteiger partial charge < -0.3 is 14.6 Å². The van der Waals surface area contributed by atoms with Crippen LogP contribution in [0.5, 0.6) is 0 Å². The van der Waals surface area contributed by atoms with Gasteiger partial charge in [0.05, 0.1) is 17.4 Å². The van der Waals surface area contributed by atoms with E-state index in [0.29, 0.717) is 5.69 Å². The summed E-state index contributed by atoms with van der Waals surface area (Å²) in [4.78, 5) is 27.6. The van der Waals surface area contributed by atoms with Gasteiger partial charge in [0.2, 0.25) is 5.91 Å². The first-order valence-electron chi connectivity index (χ1n) is 5.38. The number of fused-ring (bicyclic) bond motifs is 1. The molecule has 1 aromatic carbocycles. The number of aromatic nitrogens is 2. The minimum atomic E-state index is -1.13. The summed E-state index contributed by atoms with van der Waals surface area (Å²) in [6, 6.07) is 5.38. The summed E-state index contributed by atoms with van der Waals surface area (Å²) < 4.78 is 1.87. The van der Waals surface area contributed by atoms with Crippen molar-refractivity contribution in [3.63, 3.8) is 0 Å². The molecule has 0 aliphatic carbocycles. The lowest BCUT2D eigenvalue weighted by Gasteiger charge is -2.16. The topological polar surface area (TPSA) is 75.4 Å². The lowest BCUT2D eigenvalue weighted by atomic mass is 10.2. The molecule has 2 aromatic rings. The van der Waals surface area contributed by atoms with E-state index < -0.39 is 18.3 Å². The van der Waals surface area contributed by atoms with Crippen LogP contribution in [0.25, 0.3) is 11.0 Å². The van der Waals surface area contributed by atoms with Gasteiger partial charge in [-0.15, -0.1) is 0 Å². The standard InChI is InChI=1S/C12H13N3O3/c1-14-7-13-9-5-8(3-4-10(9)14)15(2)11(16)6-12(17)18/h3-5,7H,6H2,1-2H3,(H,17,18). The lowest BCUT2D eigenvalue weighted by molar-refractivity contribution is -0.140. The van der Waals surface area contributed by atoms with Crippen molar-refractivity contribution in [3.05, 3.63) is 24.5 Å². The quantitative estimate of drug-likeness (QED) is 0.821. The average molecular weight is 247 g/mol. The second kappa shape index (κ2) is 4.48. The first kappa shape index (κ1) is 12.1. The molecule has 0 spiro atoms. The molecule has 6 heteroatoms. The van der Waals surface area contributed by atoms with Crippen LogP contribution in [0.4, 0.5) is 5.69 Å². The highest BCUT2D eigenvalue weighted by atomic mass is 16.4. The Hall–Kier alpha value is -2.37. The summed E-state index contributed by atoms with van der Waals surface area (Å²) >= 11 is 0. The fourth-order valence-corrected chi connectivity index (χ4v) is 1.73. The number of hydrogen-bond donors (Lipinski definition) is 1. The average Bonchev–Trinajstić information content (AvgIpc) is 2.69. The number of imidazole rings is 1. The van der Waals surface area contributed by atoms with Crippen molar-refractivity contribution in [2.45, 2.75) is 6.42 Å². The van der Waals surface area contributed by atoms with E-state index in [9.17, 15) is 9.59 Å². The molecule has 94 valence electrons. The summed E-state index contributed by atoms with van der Waals surface area (Å²) in [6.45, 7) is 0. The first-order chi connectivity index (χ1) is 8.49. The van der Waals surface area contributed by atoms with Gasteiger partial charge >= 0.3 is 5.97 Å². The second-order valence-corrected chi connectivity index (χ2v) is 4.05. The molecule has 0 aliphatic heterocycles. The van der Waals surface area contributed by atoms with Crippen molar-refractivity contribution in [2.24, 2.45) is 7.05 Å². The Kier molecular flexibility index (Phi) is 3.01. The van der Waals surface area contributed by atoms with Gasteiger partial charge in [0.25, 0.3) is 0 Å². The molecule has 1 N–H and O–H groups in total. The molecule has 2 rings (SSSR count). The molecular weight excluding hydrogens is 234 g/mol. The van der Waals surface area contributed by atoms with Crippen LogP contribution in [-0.4, -0.2) is 33.6 Å². The molecule has 0 bridgehead atoms. The van der Waals surface area contributed by atoms with E-state index in [1.807, 2.05) is 17.7 Å². The Labute approximate surface area is 103 Å². The largest absolute Gasteiger partial charge is 0.481 e. The minimum absolute atomic E-state index is 0.460. The van der Waals surface area contributed by atoms with E-state index in [2.05, 4.69) is 4.98 Å². The van der Waals surface area contributed by atoms with E-state index in [0.717, 1.165) is 11.0 Å². The van der Waals surface area contributed by atoms with Crippen molar-refractivity contribution in [1.29, 1.82) is 0 Å². The summed E-state index contributed by atoms with van der Waals surface area (Å²) in [6.07, 6.45) is 1.17.